The smallest absolute Gasteiger partial charge is 0.240 e. The summed E-state index contributed by atoms with van der Waals surface area (Å²) in [4.78, 5) is 14.8. The molecule has 1 unspecified atom stereocenters. The van der Waals surface area contributed by atoms with Crippen molar-refractivity contribution in [3.8, 4) is 6.07 Å². The zero-order valence-electron chi connectivity index (χ0n) is 15.1. The molecule has 5 nitrogen and oxygen atoms in total. The summed E-state index contributed by atoms with van der Waals surface area (Å²) in [7, 11) is 0. The highest BCUT2D eigenvalue weighted by Gasteiger charge is 2.47. The van der Waals surface area contributed by atoms with Crippen molar-refractivity contribution >= 4 is 5.91 Å². The monoisotopic (exact) mass is 341 g/mol. The first-order valence-corrected chi connectivity index (χ1v) is 9.15. The van der Waals surface area contributed by atoms with E-state index in [-0.39, 0.29) is 23.9 Å². The molecule has 1 saturated carbocycles. The summed E-state index contributed by atoms with van der Waals surface area (Å²) in [5.74, 6) is 0.372. The van der Waals surface area contributed by atoms with E-state index in [0.717, 1.165) is 18.4 Å². The molecule has 5 heteroatoms. The summed E-state index contributed by atoms with van der Waals surface area (Å²) in [5, 5.41) is 13.2. The third-order valence-electron chi connectivity index (χ3n) is 5.40. The Morgan fingerprint density at radius 3 is 2.48 bits per heavy atom. The van der Waals surface area contributed by atoms with Gasteiger partial charge in [-0.2, -0.15) is 5.26 Å². The Kier molecular flexibility index (Phi) is 5.41. The van der Waals surface area contributed by atoms with Crippen molar-refractivity contribution in [2.45, 2.75) is 44.2 Å². The van der Waals surface area contributed by atoms with Crippen LogP contribution in [0.5, 0.6) is 0 Å². The summed E-state index contributed by atoms with van der Waals surface area (Å²) in [6.07, 6.45) is 1.51. The highest BCUT2D eigenvalue weighted by atomic mass is 16.5. The number of nitrogens with one attached hydrogen (secondary N) is 1. The Bertz CT molecular complexity index is 626. The molecule has 1 saturated heterocycles. The van der Waals surface area contributed by atoms with E-state index in [4.69, 9.17) is 4.74 Å². The minimum absolute atomic E-state index is 0.160. The van der Waals surface area contributed by atoms with Crippen molar-refractivity contribution in [2.75, 3.05) is 26.3 Å². The van der Waals surface area contributed by atoms with Crippen LogP contribution in [-0.4, -0.2) is 49.2 Å². The van der Waals surface area contributed by atoms with Gasteiger partial charge in [0.15, 0.2) is 0 Å². The van der Waals surface area contributed by atoms with Crippen molar-refractivity contribution in [3.05, 3.63) is 35.9 Å². The van der Waals surface area contributed by atoms with Crippen molar-refractivity contribution in [1.29, 1.82) is 5.26 Å². The van der Waals surface area contributed by atoms with Gasteiger partial charge in [0.25, 0.3) is 0 Å². The molecule has 1 aromatic carbocycles. The third kappa shape index (κ3) is 3.70. The summed E-state index contributed by atoms with van der Waals surface area (Å²) >= 11 is 0. The lowest BCUT2D eigenvalue weighted by molar-refractivity contribution is -0.139. The molecular formula is C20H27N3O2. The Hall–Kier alpha value is -1.90. The Morgan fingerprint density at radius 2 is 1.92 bits per heavy atom. The molecule has 1 aromatic rings. The van der Waals surface area contributed by atoms with Crippen LogP contribution >= 0.6 is 0 Å². The molecule has 0 aromatic heterocycles. The van der Waals surface area contributed by atoms with Crippen LogP contribution in [0.1, 0.15) is 32.3 Å². The summed E-state index contributed by atoms with van der Waals surface area (Å²) < 4.78 is 5.34. The number of amides is 1. The number of rotatable bonds is 5. The van der Waals surface area contributed by atoms with E-state index in [1.54, 1.807) is 0 Å². The lowest BCUT2D eigenvalue weighted by Crippen LogP contribution is -2.59. The van der Waals surface area contributed by atoms with Gasteiger partial charge in [0.05, 0.1) is 30.7 Å². The average Bonchev–Trinajstić information content (AvgIpc) is 2.62. The molecule has 2 aliphatic rings. The van der Waals surface area contributed by atoms with Crippen LogP contribution in [0.3, 0.4) is 0 Å². The van der Waals surface area contributed by atoms with Gasteiger partial charge in [-0.25, -0.2) is 0 Å². The van der Waals surface area contributed by atoms with Crippen molar-refractivity contribution < 1.29 is 9.53 Å². The van der Waals surface area contributed by atoms with Crippen LogP contribution in [-0.2, 0) is 14.9 Å². The van der Waals surface area contributed by atoms with Crippen LogP contribution in [0.15, 0.2) is 30.3 Å². The Balaban J connectivity index is 1.63. The molecule has 134 valence electrons. The predicted octanol–water partition coefficient (Wildman–Crippen LogP) is 2.08. The number of ether oxygens (including phenoxy) is 1. The lowest BCUT2D eigenvalue weighted by Gasteiger charge is -2.45. The number of carbonyl (C=O) groups excluding carboxylic acids is 1. The van der Waals surface area contributed by atoms with Gasteiger partial charge in [-0.3, -0.25) is 4.79 Å². The molecule has 0 spiro atoms. The number of nitriles is 1. The number of benzene rings is 1. The van der Waals surface area contributed by atoms with E-state index in [9.17, 15) is 10.1 Å². The largest absolute Gasteiger partial charge is 0.378 e. The van der Waals surface area contributed by atoms with Gasteiger partial charge in [0, 0.05) is 19.1 Å². The summed E-state index contributed by atoms with van der Waals surface area (Å²) in [6.45, 7) is 6.71. The molecule has 3 rings (SSSR count). The van der Waals surface area contributed by atoms with E-state index in [1.807, 2.05) is 35.2 Å². The second-order valence-corrected chi connectivity index (χ2v) is 7.49. The molecule has 1 aliphatic carbocycles. The predicted molar refractivity (Wildman–Crippen MR) is 95.9 cm³/mol. The molecule has 2 fully saturated rings. The first-order chi connectivity index (χ1) is 12.1. The molecule has 1 amide bonds. The highest BCUT2D eigenvalue weighted by Crippen LogP contribution is 2.43. The lowest BCUT2D eigenvalue weighted by atomic mass is 9.62. The fourth-order valence-electron chi connectivity index (χ4n) is 3.83. The first-order valence-electron chi connectivity index (χ1n) is 9.15. The van der Waals surface area contributed by atoms with Crippen LogP contribution in [0, 0.1) is 17.2 Å². The average molecular weight is 341 g/mol. The normalized spacial score (nSPS) is 27.4. The number of hydrogen-bond donors (Lipinski definition) is 1. The maximum atomic E-state index is 12.9. The molecule has 1 heterocycles. The maximum Gasteiger partial charge on any atom is 0.240 e. The van der Waals surface area contributed by atoms with E-state index in [2.05, 4.69) is 25.2 Å². The SMILES string of the molecule is CC(C)C(NC1CC(C#N)(c2ccccc2)C1)C(=O)N1CCOCC1. The van der Waals surface area contributed by atoms with Gasteiger partial charge < -0.3 is 15.0 Å². The Morgan fingerprint density at radius 1 is 1.28 bits per heavy atom. The fraction of sp³-hybridized carbons (Fsp3) is 0.600. The number of nitrogens with zero attached hydrogens (tertiary/aromatic N) is 2. The van der Waals surface area contributed by atoms with E-state index in [0.29, 0.717) is 26.3 Å². The molecule has 0 bridgehead atoms. The number of morpholine rings is 1. The second kappa shape index (κ2) is 7.55. The minimum atomic E-state index is -0.414. The van der Waals surface area contributed by atoms with Crippen LogP contribution < -0.4 is 5.32 Å². The van der Waals surface area contributed by atoms with Crippen LogP contribution in [0.4, 0.5) is 0 Å². The minimum Gasteiger partial charge on any atom is -0.378 e. The molecule has 0 radical (unpaired) electrons. The molecule has 1 atom stereocenters. The van der Waals surface area contributed by atoms with Gasteiger partial charge in [-0.05, 0) is 24.3 Å². The van der Waals surface area contributed by atoms with Gasteiger partial charge in [0.2, 0.25) is 5.91 Å². The van der Waals surface area contributed by atoms with Gasteiger partial charge in [0.1, 0.15) is 0 Å². The summed E-state index contributed by atoms with van der Waals surface area (Å²) in [6, 6.07) is 12.5. The topological polar surface area (TPSA) is 65.4 Å². The molecule has 25 heavy (non-hydrogen) atoms. The highest BCUT2D eigenvalue weighted by molar-refractivity contribution is 5.82. The zero-order chi connectivity index (χ0) is 17.9. The standard InChI is InChI=1S/C20H27N3O2/c1-15(2)18(19(24)23-8-10-25-11-9-23)22-17-12-20(13-17,14-21)16-6-4-3-5-7-16/h3-7,15,17-18,22H,8-13H2,1-2H3. The van der Waals surface area contributed by atoms with Crippen molar-refractivity contribution in [1.82, 2.24) is 10.2 Å². The van der Waals surface area contributed by atoms with E-state index >= 15 is 0 Å². The molecule has 1 aliphatic heterocycles. The fourth-order valence-corrected chi connectivity index (χ4v) is 3.83. The quantitative estimate of drug-likeness (QED) is 0.890. The second-order valence-electron chi connectivity index (χ2n) is 7.49. The number of hydrogen-bond acceptors (Lipinski definition) is 4. The zero-order valence-corrected chi connectivity index (χ0v) is 15.1. The Labute approximate surface area is 150 Å². The maximum absolute atomic E-state index is 12.9. The van der Waals surface area contributed by atoms with Crippen molar-refractivity contribution in [3.63, 3.8) is 0 Å². The molecular weight excluding hydrogens is 314 g/mol. The van der Waals surface area contributed by atoms with E-state index < -0.39 is 5.41 Å². The number of carbonyl (C=O) groups is 1. The van der Waals surface area contributed by atoms with Gasteiger partial charge in [-0.15, -0.1) is 0 Å². The van der Waals surface area contributed by atoms with Gasteiger partial charge in [-0.1, -0.05) is 44.2 Å². The summed E-state index contributed by atoms with van der Waals surface area (Å²) in [5.41, 5.74) is 0.666. The van der Waals surface area contributed by atoms with E-state index in [1.165, 1.54) is 0 Å². The molecule has 1 N–H and O–H groups in total. The van der Waals surface area contributed by atoms with Crippen LogP contribution in [0.25, 0.3) is 0 Å². The van der Waals surface area contributed by atoms with Crippen LogP contribution in [0.2, 0.25) is 0 Å². The van der Waals surface area contributed by atoms with Crippen molar-refractivity contribution in [2.24, 2.45) is 5.92 Å². The third-order valence-corrected chi connectivity index (χ3v) is 5.40. The van der Waals surface area contributed by atoms with Gasteiger partial charge >= 0.3 is 0 Å². The first kappa shape index (κ1) is 17.9.